The van der Waals surface area contributed by atoms with Gasteiger partial charge in [0.1, 0.15) is 40.4 Å². The van der Waals surface area contributed by atoms with E-state index in [2.05, 4.69) is 6.07 Å². The number of nitrogens with two attached hydrogens (primary N) is 1. The molecule has 2 heterocycles. The summed E-state index contributed by atoms with van der Waals surface area (Å²) in [5, 5.41) is 11.9. The maximum absolute atomic E-state index is 13.1. The van der Waals surface area contributed by atoms with E-state index in [9.17, 15) is 10.1 Å². The van der Waals surface area contributed by atoms with Crippen LogP contribution in [-0.2, 0) is 6.61 Å². The molecule has 42 heavy (non-hydrogen) atoms. The summed E-state index contributed by atoms with van der Waals surface area (Å²) in [6.45, 7) is 0.316. The molecule has 0 saturated carbocycles. The molecule has 0 radical (unpaired) electrons. The smallest absolute Gasteiger partial charge is 0.355 e. The Hall–Kier alpha value is -4.19. The Morgan fingerprint density at radius 1 is 0.952 bits per heavy atom. The van der Waals surface area contributed by atoms with E-state index in [1.165, 1.54) is 11.3 Å². The zero-order chi connectivity index (χ0) is 29.4. The molecule has 1 aromatic heterocycles. The number of halogens is 3. The first-order valence-electron chi connectivity index (χ1n) is 12.6. The van der Waals surface area contributed by atoms with Gasteiger partial charge in [0.15, 0.2) is 0 Å². The molecule has 4 aromatic carbocycles. The van der Waals surface area contributed by atoms with E-state index < -0.39 is 11.9 Å². The molecule has 2 N–H and O–H groups in total. The first-order valence-corrected chi connectivity index (χ1v) is 14.6. The van der Waals surface area contributed by atoms with Crippen molar-refractivity contribution in [2.45, 2.75) is 12.5 Å². The molecule has 6 rings (SSSR count). The number of ether oxygens (including phenoxy) is 3. The van der Waals surface area contributed by atoms with Crippen LogP contribution in [0.5, 0.6) is 17.2 Å². The van der Waals surface area contributed by atoms with E-state index in [1.807, 2.05) is 54.6 Å². The summed E-state index contributed by atoms with van der Waals surface area (Å²) in [6, 6.07) is 27.3. The number of carbonyl (C=O) groups excluding carboxylic acids is 1. The van der Waals surface area contributed by atoms with Crippen molar-refractivity contribution in [2.24, 2.45) is 5.73 Å². The number of thiophene rings is 1. The summed E-state index contributed by atoms with van der Waals surface area (Å²) < 4.78 is 18.1. The summed E-state index contributed by atoms with van der Waals surface area (Å²) in [7, 11) is 0. The first-order chi connectivity index (χ1) is 20.3. The van der Waals surface area contributed by atoms with Crippen LogP contribution in [0.4, 0.5) is 0 Å². The number of nitrogens with zero attached hydrogens (tertiary/aromatic N) is 1. The van der Waals surface area contributed by atoms with Gasteiger partial charge in [-0.2, -0.15) is 5.26 Å². The fraction of sp³-hybridized carbons (Fsp3) is 0.0625. The Morgan fingerprint density at radius 3 is 2.43 bits per heavy atom. The molecule has 0 fully saturated rings. The number of allylic oxidation sites excluding steroid dienone is 1. The summed E-state index contributed by atoms with van der Waals surface area (Å²) in [6.07, 6.45) is 0. The second-order valence-electron chi connectivity index (χ2n) is 9.32. The largest absolute Gasteiger partial charge is 0.489 e. The van der Waals surface area contributed by atoms with Crippen molar-refractivity contribution in [3.05, 3.63) is 133 Å². The van der Waals surface area contributed by atoms with Gasteiger partial charge in [0.25, 0.3) is 0 Å². The lowest BCUT2D eigenvalue weighted by atomic mass is 9.83. The fourth-order valence-corrected chi connectivity index (χ4v) is 6.74. The number of esters is 1. The first kappa shape index (κ1) is 28.0. The number of fused-ring (bicyclic) bond motifs is 2. The van der Waals surface area contributed by atoms with Crippen LogP contribution in [0.1, 0.15) is 32.3 Å². The van der Waals surface area contributed by atoms with Crippen LogP contribution in [0.2, 0.25) is 15.1 Å². The number of carbonyl (C=O) groups is 1. The molecule has 1 unspecified atom stereocenters. The second-order valence-corrected chi connectivity index (χ2v) is 11.6. The van der Waals surface area contributed by atoms with Crippen LogP contribution < -0.4 is 19.9 Å². The van der Waals surface area contributed by atoms with Gasteiger partial charge in [-0.05, 0) is 42.0 Å². The van der Waals surface area contributed by atoms with Crippen LogP contribution in [0.15, 0.2) is 96.4 Å². The lowest BCUT2D eigenvalue weighted by Gasteiger charge is -2.26. The number of hydrogen-bond acceptors (Lipinski definition) is 7. The number of hydrogen-bond donors (Lipinski definition) is 1. The van der Waals surface area contributed by atoms with Crippen molar-refractivity contribution >= 4 is 62.2 Å². The van der Waals surface area contributed by atoms with E-state index in [0.717, 1.165) is 15.8 Å². The van der Waals surface area contributed by atoms with Crippen LogP contribution in [0.25, 0.3) is 10.1 Å². The second kappa shape index (κ2) is 11.6. The molecule has 1 aliphatic rings. The van der Waals surface area contributed by atoms with Crippen molar-refractivity contribution < 1.29 is 19.0 Å². The van der Waals surface area contributed by atoms with Crippen molar-refractivity contribution in [1.82, 2.24) is 0 Å². The zero-order valence-corrected chi connectivity index (χ0v) is 24.7. The molecular weight excluding hydrogens is 615 g/mol. The molecule has 1 aliphatic heterocycles. The maximum atomic E-state index is 13.1. The highest BCUT2D eigenvalue weighted by Crippen LogP contribution is 2.44. The van der Waals surface area contributed by atoms with Gasteiger partial charge < -0.3 is 19.9 Å². The monoisotopic (exact) mass is 632 g/mol. The highest BCUT2D eigenvalue weighted by atomic mass is 35.5. The van der Waals surface area contributed by atoms with Crippen LogP contribution in [0.3, 0.4) is 0 Å². The summed E-state index contributed by atoms with van der Waals surface area (Å²) >= 11 is 20.2. The molecule has 0 spiro atoms. The zero-order valence-electron chi connectivity index (χ0n) is 21.6. The van der Waals surface area contributed by atoms with Crippen molar-refractivity contribution in [3.63, 3.8) is 0 Å². The third kappa shape index (κ3) is 5.26. The number of benzene rings is 4. The maximum Gasteiger partial charge on any atom is 0.355 e. The summed E-state index contributed by atoms with van der Waals surface area (Å²) in [4.78, 5) is 13.3. The van der Waals surface area contributed by atoms with Gasteiger partial charge in [0.2, 0.25) is 5.88 Å². The van der Waals surface area contributed by atoms with E-state index in [0.29, 0.717) is 39.1 Å². The van der Waals surface area contributed by atoms with Gasteiger partial charge in [0.05, 0.1) is 16.0 Å². The summed E-state index contributed by atoms with van der Waals surface area (Å²) in [5.41, 5.74) is 8.81. The Bertz CT molecular complexity index is 1930. The van der Waals surface area contributed by atoms with Gasteiger partial charge >= 0.3 is 5.97 Å². The fourth-order valence-electron chi connectivity index (χ4n) is 4.73. The molecule has 0 amide bonds. The highest BCUT2D eigenvalue weighted by molar-refractivity contribution is 7.21. The lowest BCUT2D eigenvalue weighted by Crippen LogP contribution is -2.21. The minimum absolute atomic E-state index is 0.0280. The van der Waals surface area contributed by atoms with Crippen LogP contribution >= 0.6 is 46.1 Å². The van der Waals surface area contributed by atoms with E-state index in [4.69, 9.17) is 54.7 Å². The third-order valence-corrected chi connectivity index (χ3v) is 9.07. The normalized spacial score (nSPS) is 14.2. The Balaban J connectivity index is 1.25. The quantitative estimate of drug-likeness (QED) is 0.148. The minimum atomic E-state index is -0.627. The predicted octanol–water partition coefficient (Wildman–Crippen LogP) is 8.88. The SMILES string of the molecule is N#CC1=C(N)Oc2cc(OC(=O)c3sc4cccc(Cl)c4c3Cl)ccc2C1c1ccc(OCc2ccccc2Cl)cc1. The Labute approximate surface area is 260 Å². The molecule has 6 nitrogen and oxygen atoms in total. The topological polar surface area (TPSA) is 94.6 Å². The third-order valence-electron chi connectivity index (χ3n) is 6.76. The minimum Gasteiger partial charge on any atom is -0.489 e. The molecule has 1 atom stereocenters. The Morgan fingerprint density at radius 2 is 1.69 bits per heavy atom. The average molecular weight is 634 g/mol. The van der Waals surface area contributed by atoms with Crippen LogP contribution in [-0.4, -0.2) is 5.97 Å². The molecule has 0 saturated heterocycles. The number of rotatable bonds is 6. The number of nitriles is 1. The standard InChI is InChI=1S/C32H19Cl3N2O4S/c33-23-5-2-1-4-18(23)16-39-19-10-8-17(9-11-19)27-21-13-12-20(14-25(21)41-31(37)22(27)15-36)40-32(38)30-29(35)28-24(34)6-3-7-26(28)42-30/h1-14,27H,16,37H2. The molecule has 0 bridgehead atoms. The van der Waals surface area contributed by atoms with Crippen LogP contribution in [0, 0.1) is 11.3 Å². The molecular formula is C32H19Cl3N2O4S. The van der Waals surface area contributed by atoms with Gasteiger partial charge in [-0.1, -0.05) is 77.3 Å². The van der Waals surface area contributed by atoms with Gasteiger partial charge in [-0.25, -0.2) is 4.79 Å². The average Bonchev–Trinajstić information content (AvgIpc) is 3.34. The van der Waals surface area contributed by atoms with Crippen molar-refractivity contribution in [1.29, 1.82) is 5.26 Å². The molecule has 10 heteroatoms. The Kier molecular flexibility index (Phi) is 7.72. The molecule has 0 aliphatic carbocycles. The predicted molar refractivity (Wildman–Crippen MR) is 165 cm³/mol. The lowest BCUT2D eigenvalue weighted by molar-refractivity contribution is 0.0740. The van der Waals surface area contributed by atoms with E-state index in [-0.39, 0.29) is 27.1 Å². The van der Waals surface area contributed by atoms with Gasteiger partial charge in [0, 0.05) is 32.3 Å². The van der Waals surface area contributed by atoms with Gasteiger partial charge in [-0.15, -0.1) is 11.3 Å². The van der Waals surface area contributed by atoms with Gasteiger partial charge in [-0.3, -0.25) is 0 Å². The van der Waals surface area contributed by atoms with E-state index >= 15 is 0 Å². The summed E-state index contributed by atoms with van der Waals surface area (Å²) in [5.74, 6) is 0.0861. The van der Waals surface area contributed by atoms with Crippen molar-refractivity contribution in [3.8, 4) is 23.3 Å². The highest BCUT2D eigenvalue weighted by Gasteiger charge is 2.31. The molecule has 208 valence electrons. The van der Waals surface area contributed by atoms with E-state index in [1.54, 1.807) is 30.3 Å². The van der Waals surface area contributed by atoms with Crippen molar-refractivity contribution in [2.75, 3.05) is 0 Å². The molecule has 5 aromatic rings.